The molecule has 0 unspecified atom stereocenters. The molecule has 26 heavy (non-hydrogen) atoms. The van der Waals surface area contributed by atoms with E-state index in [9.17, 15) is 13.2 Å². The molecule has 0 saturated carbocycles. The average molecular weight is 422 g/mol. The summed E-state index contributed by atoms with van der Waals surface area (Å²) in [6.45, 7) is 2.56. The third kappa shape index (κ3) is 5.10. The maximum absolute atomic E-state index is 12.7. The van der Waals surface area contributed by atoms with E-state index in [1.54, 1.807) is 12.1 Å². The number of piperidine rings is 2. The van der Waals surface area contributed by atoms with E-state index in [0.29, 0.717) is 31.0 Å². The van der Waals surface area contributed by atoms with Crippen LogP contribution in [0.1, 0.15) is 25.7 Å². The third-order valence-corrected chi connectivity index (χ3v) is 7.08. The first-order chi connectivity index (χ1) is 12.0. The van der Waals surface area contributed by atoms with Crippen LogP contribution in [0.15, 0.2) is 29.2 Å². The number of benzene rings is 1. The van der Waals surface area contributed by atoms with E-state index in [1.165, 1.54) is 16.4 Å². The van der Waals surface area contributed by atoms with Gasteiger partial charge in [0.25, 0.3) is 0 Å². The zero-order valence-corrected chi connectivity index (χ0v) is 16.9. The number of hydrogen-bond donors (Lipinski definition) is 2. The molecule has 1 amide bonds. The monoisotopic (exact) mass is 421 g/mol. The number of carbonyl (C=O) groups excluding carboxylic acids is 1. The number of halogens is 2. The molecule has 1 aromatic carbocycles. The Morgan fingerprint density at radius 2 is 1.81 bits per heavy atom. The van der Waals surface area contributed by atoms with Gasteiger partial charge in [0.05, 0.1) is 4.90 Å². The molecule has 9 heteroatoms. The molecule has 0 spiro atoms. The Hall–Kier alpha value is -0.860. The third-order valence-electron chi connectivity index (χ3n) is 4.92. The van der Waals surface area contributed by atoms with E-state index in [4.69, 9.17) is 11.6 Å². The van der Waals surface area contributed by atoms with E-state index in [2.05, 4.69) is 10.6 Å². The smallest absolute Gasteiger partial charge is 0.243 e. The Morgan fingerprint density at radius 1 is 1.15 bits per heavy atom. The highest BCUT2D eigenvalue weighted by Crippen LogP contribution is 2.25. The summed E-state index contributed by atoms with van der Waals surface area (Å²) in [6, 6.07) is 6.38. The van der Waals surface area contributed by atoms with Crippen molar-refractivity contribution in [3.05, 3.63) is 29.3 Å². The van der Waals surface area contributed by atoms with Crippen LogP contribution >= 0.6 is 24.0 Å². The molecular formula is C17H25Cl2N3O3S. The first-order valence-electron chi connectivity index (χ1n) is 8.73. The minimum atomic E-state index is -3.52. The molecule has 146 valence electrons. The van der Waals surface area contributed by atoms with Gasteiger partial charge in [-0.2, -0.15) is 4.31 Å². The predicted molar refractivity (Wildman–Crippen MR) is 104 cm³/mol. The normalized spacial score (nSPS) is 22.4. The summed E-state index contributed by atoms with van der Waals surface area (Å²) in [5, 5.41) is 6.88. The lowest BCUT2D eigenvalue weighted by atomic mass is 9.96. The van der Waals surface area contributed by atoms with E-state index in [-0.39, 0.29) is 35.2 Å². The van der Waals surface area contributed by atoms with E-state index in [1.807, 2.05) is 0 Å². The topological polar surface area (TPSA) is 78.5 Å². The molecule has 2 heterocycles. The molecule has 1 atom stereocenters. The van der Waals surface area contributed by atoms with Crippen molar-refractivity contribution >= 4 is 39.9 Å². The van der Waals surface area contributed by atoms with Crippen molar-refractivity contribution in [2.24, 2.45) is 5.92 Å². The molecule has 1 aromatic rings. The van der Waals surface area contributed by atoms with E-state index >= 15 is 0 Å². The summed E-state index contributed by atoms with van der Waals surface area (Å²) in [6.07, 6.45) is 3.18. The maximum atomic E-state index is 12.7. The van der Waals surface area contributed by atoms with Gasteiger partial charge in [0, 0.05) is 36.6 Å². The standard InChI is InChI=1S/C17H24ClN3O3S.ClH/c18-14-3-5-16(6-4-14)25(23,24)21-10-7-13(8-11-21)17(22)20-15-2-1-9-19-12-15;/h3-6,13,15,19H,1-2,7-12H2,(H,20,22);1H/t15-;/m0./s1. The minimum absolute atomic E-state index is 0. The number of sulfonamides is 1. The quantitative estimate of drug-likeness (QED) is 0.779. The summed E-state index contributed by atoms with van der Waals surface area (Å²) in [7, 11) is -3.52. The molecule has 2 fully saturated rings. The van der Waals surface area contributed by atoms with Crippen LogP contribution in [0, 0.1) is 5.92 Å². The Kier molecular flexibility index (Phi) is 7.73. The first-order valence-corrected chi connectivity index (χ1v) is 10.6. The van der Waals surface area contributed by atoms with Gasteiger partial charge in [0.15, 0.2) is 0 Å². The second-order valence-electron chi connectivity index (χ2n) is 6.68. The van der Waals surface area contributed by atoms with Gasteiger partial charge in [-0.1, -0.05) is 11.6 Å². The average Bonchev–Trinajstić information content (AvgIpc) is 2.63. The lowest BCUT2D eigenvalue weighted by Crippen LogP contribution is -2.49. The van der Waals surface area contributed by atoms with Crippen molar-refractivity contribution < 1.29 is 13.2 Å². The number of nitrogens with one attached hydrogen (secondary N) is 2. The fourth-order valence-electron chi connectivity index (χ4n) is 3.41. The molecule has 6 nitrogen and oxygen atoms in total. The highest BCUT2D eigenvalue weighted by atomic mass is 35.5. The Bertz CT molecular complexity index is 698. The van der Waals surface area contributed by atoms with Crippen LogP contribution in [0.2, 0.25) is 5.02 Å². The summed E-state index contributed by atoms with van der Waals surface area (Å²) in [5.74, 6) is -0.0594. The Labute approximate surface area is 166 Å². The van der Waals surface area contributed by atoms with Gasteiger partial charge in [-0.15, -0.1) is 12.4 Å². The zero-order chi connectivity index (χ0) is 17.9. The van der Waals surface area contributed by atoms with Crippen LogP contribution < -0.4 is 10.6 Å². The molecule has 3 rings (SSSR count). The minimum Gasteiger partial charge on any atom is -0.352 e. The molecule has 0 radical (unpaired) electrons. The number of carbonyl (C=O) groups is 1. The number of amides is 1. The summed E-state index contributed by atoms with van der Waals surface area (Å²) >= 11 is 5.82. The van der Waals surface area contributed by atoms with Crippen molar-refractivity contribution in [3.8, 4) is 0 Å². The molecule has 2 N–H and O–H groups in total. The van der Waals surface area contributed by atoms with Crippen LogP contribution in [0.4, 0.5) is 0 Å². The van der Waals surface area contributed by atoms with Crippen molar-refractivity contribution in [2.75, 3.05) is 26.2 Å². The lowest BCUT2D eigenvalue weighted by molar-refractivity contribution is -0.126. The van der Waals surface area contributed by atoms with Crippen LogP contribution in [-0.2, 0) is 14.8 Å². The van der Waals surface area contributed by atoms with Gasteiger partial charge < -0.3 is 10.6 Å². The van der Waals surface area contributed by atoms with Gasteiger partial charge in [0.2, 0.25) is 15.9 Å². The first kappa shape index (κ1) is 21.4. The fraction of sp³-hybridized carbons (Fsp3) is 0.588. The number of hydrogen-bond acceptors (Lipinski definition) is 4. The highest BCUT2D eigenvalue weighted by molar-refractivity contribution is 7.89. The maximum Gasteiger partial charge on any atom is 0.243 e. The molecular weight excluding hydrogens is 397 g/mol. The molecule has 0 aromatic heterocycles. The zero-order valence-electron chi connectivity index (χ0n) is 14.5. The summed E-state index contributed by atoms with van der Waals surface area (Å²) in [4.78, 5) is 12.7. The van der Waals surface area contributed by atoms with E-state index < -0.39 is 10.0 Å². The largest absolute Gasteiger partial charge is 0.352 e. The molecule has 2 aliphatic heterocycles. The Morgan fingerprint density at radius 3 is 2.38 bits per heavy atom. The van der Waals surface area contributed by atoms with Crippen molar-refractivity contribution in [3.63, 3.8) is 0 Å². The summed E-state index contributed by atoms with van der Waals surface area (Å²) in [5.41, 5.74) is 0. The molecule has 0 aliphatic carbocycles. The molecule has 2 saturated heterocycles. The second-order valence-corrected chi connectivity index (χ2v) is 9.06. The van der Waals surface area contributed by atoms with E-state index in [0.717, 1.165) is 25.9 Å². The van der Waals surface area contributed by atoms with Crippen molar-refractivity contribution in [2.45, 2.75) is 36.6 Å². The van der Waals surface area contributed by atoms with Crippen molar-refractivity contribution in [1.29, 1.82) is 0 Å². The van der Waals surface area contributed by atoms with Gasteiger partial charge in [-0.25, -0.2) is 8.42 Å². The number of nitrogens with zero attached hydrogens (tertiary/aromatic N) is 1. The SMILES string of the molecule is Cl.O=C(N[C@H]1CCCNC1)C1CCN(S(=O)(=O)c2ccc(Cl)cc2)CC1. The lowest BCUT2D eigenvalue weighted by Gasteiger charge is -2.32. The highest BCUT2D eigenvalue weighted by Gasteiger charge is 2.32. The van der Waals surface area contributed by atoms with Crippen LogP contribution in [-0.4, -0.2) is 50.9 Å². The molecule has 2 aliphatic rings. The second kappa shape index (κ2) is 9.37. The number of rotatable bonds is 4. The van der Waals surface area contributed by atoms with Gasteiger partial charge >= 0.3 is 0 Å². The van der Waals surface area contributed by atoms with Gasteiger partial charge in [-0.05, 0) is 56.5 Å². The van der Waals surface area contributed by atoms with Crippen LogP contribution in [0.3, 0.4) is 0 Å². The Balaban J connectivity index is 0.00000243. The van der Waals surface area contributed by atoms with Crippen molar-refractivity contribution in [1.82, 2.24) is 14.9 Å². The molecule has 0 bridgehead atoms. The van der Waals surface area contributed by atoms with Crippen LogP contribution in [0.5, 0.6) is 0 Å². The van der Waals surface area contributed by atoms with Gasteiger partial charge in [0.1, 0.15) is 0 Å². The van der Waals surface area contributed by atoms with Crippen LogP contribution in [0.25, 0.3) is 0 Å². The fourth-order valence-corrected chi connectivity index (χ4v) is 5.00. The van der Waals surface area contributed by atoms with Gasteiger partial charge in [-0.3, -0.25) is 4.79 Å². The predicted octanol–water partition coefficient (Wildman–Crippen LogP) is 2.03. The summed E-state index contributed by atoms with van der Waals surface area (Å²) < 4.78 is 26.8.